The topological polar surface area (TPSA) is 90.1 Å². The van der Waals surface area contributed by atoms with E-state index < -0.39 is 6.04 Å². The summed E-state index contributed by atoms with van der Waals surface area (Å²) in [7, 11) is 0. The Hall–Kier alpha value is -3.64. The first-order valence-corrected chi connectivity index (χ1v) is 10.4. The Kier molecular flexibility index (Phi) is 4.92. The summed E-state index contributed by atoms with van der Waals surface area (Å²) in [5, 5.41) is 3.56. The molecular weight excluding hydrogens is 412 g/mol. The summed E-state index contributed by atoms with van der Waals surface area (Å²) in [6.07, 6.45) is 1.31. The highest BCUT2D eigenvalue weighted by atomic mass is 35.5. The van der Waals surface area contributed by atoms with Gasteiger partial charge in [0.1, 0.15) is 6.04 Å². The lowest BCUT2D eigenvalue weighted by Gasteiger charge is -2.11. The van der Waals surface area contributed by atoms with Gasteiger partial charge in [0, 0.05) is 16.1 Å². The number of aromatic nitrogens is 2. The van der Waals surface area contributed by atoms with E-state index in [4.69, 9.17) is 16.6 Å². The van der Waals surface area contributed by atoms with Crippen molar-refractivity contribution in [1.82, 2.24) is 9.97 Å². The molecule has 2 heterocycles. The van der Waals surface area contributed by atoms with Crippen molar-refractivity contribution in [3.8, 4) is 0 Å². The zero-order valence-electron chi connectivity index (χ0n) is 16.5. The molecule has 0 saturated carbocycles. The number of benzodiazepines with no additional fused rings is 1. The molecule has 31 heavy (non-hydrogen) atoms. The third-order valence-corrected chi connectivity index (χ3v) is 5.66. The lowest BCUT2D eigenvalue weighted by Crippen LogP contribution is -2.26. The number of anilines is 1. The van der Waals surface area contributed by atoms with E-state index in [0.717, 1.165) is 23.1 Å². The highest BCUT2D eigenvalue weighted by Crippen LogP contribution is 2.29. The van der Waals surface area contributed by atoms with Gasteiger partial charge in [0.05, 0.1) is 22.4 Å². The Morgan fingerprint density at radius 1 is 0.903 bits per heavy atom. The molecule has 0 spiro atoms. The monoisotopic (exact) mass is 430 g/mol. The molecule has 0 fully saturated rings. The SMILES string of the molecule is O=C1Nc2ccc(Cl)cc2C(c2ccc3[nH]c(=O)[nH]c3c2)=NC1CCc1ccccc1. The quantitative estimate of drug-likeness (QED) is 0.450. The second-order valence-corrected chi connectivity index (χ2v) is 7.97. The third kappa shape index (κ3) is 3.90. The van der Waals surface area contributed by atoms with Gasteiger partial charge in [-0.15, -0.1) is 0 Å². The summed E-state index contributed by atoms with van der Waals surface area (Å²) < 4.78 is 0. The molecule has 4 aromatic rings. The number of aryl methyl sites for hydroxylation is 1. The predicted molar refractivity (Wildman–Crippen MR) is 123 cm³/mol. The molecule has 1 atom stereocenters. The van der Waals surface area contributed by atoms with Gasteiger partial charge in [-0.3, -0.25) is 9.79 Å². The number of H-pyrrole nitrogens is 2. The van der Waals surface area contributed by atoms with E-state index in [1.54, 1.807) is 18.2 Å². The number of halogens is 1. The molecule has 1 aliphatic rings. The molecule has 5 rings (SSSR count). The van der Waals surface area contributed by atoms with Gasteiger partial charge < -0.3 is 15.3 Å². The maximum atomic E-state index is 13.0. The van der Waals surface area contributed by atoms with Gasteiger partial charge in [-0.25, -0.2) is 4.79 Å². The average molecular weight is 431 g/mol. The number of aromatic amines is 2. The van der Waals surface area contributed by atoms with Crippen LogP contribution in [0.5, 0.6) is 0 Å². The number of carbonyl (C=O) groups is 1. The molecule has 1 aromatic heterocycles. The Morgan fingerprint density at radius 2 is 1.71 bits per heavy atom. The fourth-order valence-electron chi connectivity index (χ4n) is 3.88. The Bertz CT molecular complexity index is 1370. The maximum Gasteiger partial charge on any atom is 0.323 e. The van der Waals surface area contributed by atoms with Crippen LogP contribution in [0.2, 0.25) is 5.02 Å². The van der Waals surface area contributed by atoms with Crippen molar-refractivity contribution in [2.75, 3.05) is 5.32 Å². The van der Waals surface area contributed by atoms with Crippen molar-refractivity contribution in [3.63, 3.8) is 0 Å². The highest BCUT2D eigenvalue weighted by molar-refractivity contribution is 6.32. The van der Waals surface area contributed by atoms with Crippen molar-refractivity contribution >= 4 is 39.9 Å². The van der Waals surface area contributed by atoms with Crippen molar-refractivity contribution in [2.24, 2.45) is 4.99 Å². The Morgan fingerprint density at radius 3 is 2.55 bits per heavy atom. The summed E-state index contributed by atoms with van der Waals surface area (Å²) >= 11 is 6.27. The van der Waals surface area contributed by atoms with Crippen molar-refractivity contribution in [1.29, 1.82) is 0 Å². The second kappa shape index (κ2) is 7.89. The summed E-state index contributed by atoms with van der Waals surface area (Å²) in [6, 6.07) is 20.4. The predicted octanol–water partition coefficient (Wildman–Crippen LogP) is 4.30. The Balaban J connectivity index is 1.60. The second-order valence-electron chi connectivity index (χ2n) is 7.54. The van der Waals surface area contributed by atoms with Crippen LogP contribution in [0.3, 0.4) is 0 Å². The van der Waals surface area contributed by atoms with Crippen LogP contribution in [0.1, 0.15) is 23.1 Å². The summed E-state index contributed by atoms with van der Waals surface area (Å²) in [5.74, 6) is -0.148. The number of aliphatic imine (C=N–C) groups is 1. The smallest absolute Gasteiger partial charge is 0.323 e. The molecule has 3 N–H and O–H groups in total. The van der Waals surface area contributed by atoms with Crippen LogP contribution >= 0.6 is 11.6 Å². The molecule has 0 radical (unpaired) electrons. The van der Waals surface area contributed by atoms with Crippen LogP contribution in [-0.2, 0) is 11.2 Å². The van der Waals surface area contributed by atoms with E-state index in [1.807, 2.05) is 48.5 Å². The number of hydrogen-bond donors (Lipinski definition) is 3. The third-order valence-electron chi connectivity index (χ3n) is 5.42. The fourth-order valence-corrected chi connectivity index (χ4v) is 4.05. The van der Waals surface area contributed by atoms with Crippen LogP contribution in [0.15, 0.2) is 76.5 Å². The van der Waals surface area contributed by atoms with Gasteiger partial charge in [-0.1, -0.05) is 48.0 Å². The molecule has 7 heteroatoms. The number of amides is 1. The maximum absolute atomic E-state index is 13.0. The van der Waals surface area contributed by atoms with E-state index in [1.165, 1.54) is 0 Å². The van der Waals surface area contributed by atoms with Gasteiger partial charge in [0.15, 0.2) is 0 Å². The largest absolute Gasteiger partial charge is 0.324 e. The van der Waals surface area contributed by atoms with E-state index in [0.29, 0.717) is 33.9 Å². The van der Waals surface area contributed by atoms with E-state index in [-0.39, 0.29) is 11.6 Å². The number of hydrogen-bond acceptors (Lipinski definition) is 3. The summed E-state index contributed by atoms with van der Waals surface area (Å²) in [4.78, 5) is 35.1. The van der Waals surface area contributed by atoms with Crippen LogP contribution in [0.25, 0.3) is 11.0 Å². The molecule has 0 aliphatic carbocycles. The Labute approximate surface area is 183 Å². The minimum absolute atomic E-state index is 0.148. The van der Waals surface area contributed by atoms with Crippen LogP contribution in [-0.4, -0.2) is 27.6 Å². The number of nitrogens with one attached hydrogen (secondary N) is 3. The van der Waals surface area contributed by atoms with Gasteiger partial charge in [-0.2, -0.15) is 0 Å². The molecule has 6 nitrogen and oxygen atoms in total. The van der Waals surface area contributed by atoms with E-state index in [2.05, 4.69) is 15.3 Å². The van der Waals surface area contributed by atoms with Crippen LogP contribution in [0, 0.1) is 0 Å². The summed E-state index contributed by atoms with van der Waals surface area (Å²) in [6.45, 7) is 0. The van der Waals surface area contributed by atoms with Crippen molar-refractivity contribution in [3.05, 3.63) is 98.9 Å². The minimum Gasteiger partial charge on any atom is -0.324 e. The van der Waals surface area contributed by atoms with Crippen LogP contribution in [0.4, 0.5) is 5.69 Å². The number of benzene rings is 3. The zero-order chi connectivity index (χ0) is 21.4. The van der Waals surface area contributed by atoms with Gasteiger partial charge in [0.2, 0.25) is 5.91 Å². The number of nitrogens with zero attached hydrogens (tertiary/aromatic N) is 1. The van der Waals surface area contributed by atoms with E-state index >= 15 is 0 Å². The molecular formula is C24H19ClN4O2. The highest BCUT2D eigenvalue weighted by Gasteiger charge is 2.26. The summed E-state index contributed by atoms with van der Waals surface area (Å²) in [5.41, 5.74) is 5.16. The normalized spacial score (nSPS) is 15.8. The number of imidazole rings is 1. The standard InChI is InChI=1S/C24H19ClN4O2/c25-16-8-11-18-17(13-16)22(15-7-10-19-21(12-15)29-24(31)28-19)26-20(23(30)27-18)9-6-14-4-2-1-3-5-14/h1-5,7-8,10-13,20H,6,9H2,(H,27,30)(H2,28,29,31). The molecule has 1 amide bonds. The molecule has 0 bridgehead atoms. The first kappa shape index (κ1) is 19.3. The van der Waals surface area contributed by atoms with Gasteiger partial charge in [0.25, 0.3) is 0 Å². The number of carbonyl (C=O) groups excluding carboxylic acids is 1. The average Bonchev–Trinajstić information content (AvgIpc) is 3.08. The fraction of sp³-hybridized carbons (Fsp3) is 0.125. The molecule has 1 unspecified atom stereocenters. The van der Waals surface area contributed by atoms with Gasteiger partial charge in [-0.05, 0) is 48.7 Å². The zero-order valence-corrected chi connectivity index (χ0v) is 17.2. The minimum atomic E-state index is -0.553. The van der Waals surface area contributed by atoms with Gasteiger partial charge >= 0.3 is 5.69 Å². The first-order chi connectivity index (χ1) is 15.1. The lowest BCUT2D eigenvalue weighted by molar-refractivity contribution is -0.117. The lowest BCUT2D eigenvalue weighted by atomic mass is 10.00. The van der Waals surface area contributed by atoms with Crippen LogP contribution < -0.4 is 11.0 Å². The molecule has 0 saturated heterocycles. The number of rotatable bonds is 4. The van der Waals surface area contributed by atoms with E-state index in [9.17, 15) is 9.59 Å². The molecule has 3 aromatic carbocycles. The first-order valence-electron chi connectivity index (χ1n) is 10.0. The van der Waals surface area contributed by atoms with Crippen molar-refractivity contribution < 1.29 is 4.79 Å². The van der Waals surface area contributed by atoms with Crippen molar-refractivity contribution in [2.45, 2.75) is 18.9 Å². The molecule has 154 valence electrons. The molecule has 1 aliphatic heterocycles. The number of fused-ring (bicyclic) bond motifs is 2.